The van der Waals surface area contributed by atoms with Crippen LogP contribution >= 0.6 is 11.8 Å². The van der Waals surface area contributed by atoms with Gasteiger partial charge in [0, 0.05) is 9.79 Å². The molecule has 0 aromatic heterocycles. The highest BCUT2D eigenvalue weighted by Gasteiger charge is 2.43. The molecule has 132 valence electrons. The predicted octanol–water partition coefficient (Wildman–Crippen LogP) is 1.06. The summed E-state index contributed by atoms with van der Waals surface area (Å²) in [7, 11) is 0. The summed E-state index contributed by atoms with van der Waals surface area (Å²) < 4.78 is 5.44. The Labute approximate surface area is 149 Å². The Morgan fingerprint density at radius 1 is 0.920 bits per heavy atom. The van der Waals surface area contributed by atoms with Crippen LogP contribution in [0.4, 0.5) is 11.4 Å². The molecule has 2 aromatic carbocycles. The second-order valence-corrected chi connectivity index (χ2v) is 7.36. The van der Waals surface area contributed by atoms with E-state index in [0.29, 0.717) is 6.54 Å². The highest BCUT2D eigenvalue weighted by molar-refractivity contribution is 7.99. The van der Waals surface area contributed by atoms with Gasteiger partial charge in [-0.25, -0.2) is 0 Å². The fourth-order valence-corrected chi connectivity index (χ4v) is 4.38. The van der Waals surface area contributed by atoms with Crippen molar-refractivity contribution in [2.75, 3.05) is 11.4 Å². The summed E-state index contributed by atoms with van der Waals surface area (Å²) >= 11 is 1.69. The fourth-order valence-electron chi connectivity index (χ4n) is 3.29. The van der Waals surface area contributed by atoms with Crippen LogP contribution in [-0.4, -0.2) is 52.5 Å². The zero-order valence-corrected chi connectivity index (χ0v) is 14.2. The molecule has 2 aromatic rings. The number of anilines is 2. The van der Waals surface area contributed by atoms with Crippen molar-refractivity contribution in [2.24, 2.45) is 5.73 Å². The largest absolute Gasteiger partial charge is 0.389 e. The molecule has 4 rings (SSSR count). The van der Waals surface area contributed by atoms with Crippen LogP contribution in [0, 0.1) is 0 Å². The first-order valence-electron chi connectivity index (χ1n) is 8.15. The van der Waals surface area contributed by atoms with E-state index in [1.54, 1.807) is 11.8 Å². The van der Waals surface area contributed by atoms with Crippen molar-refractivity contribution in [1.82, 2.24) is 0 Å². The van der Waals surface area contributed by atoms with Gasteiger partial charge in [-0.3, -0.25) is 0 Å². The first-order valence-corrected chi connectivity index (χ1v) is 8.96. The van der Waals surface area contributed by atoms with Gasteiger partial charge in [0.05, 0.1) is 30.1 Å². The third-order valence-corrected chi connectivity index (χ3v) is 5.80. The van der Waals surface area contributed by atoms with Crippen molar-refractivity contribution in [1.29, 1.82) is 0 Å². The number of benzene rings is 2. The molecule has 0 radical (unpaired) electrons. The molecule has 6 nitrogen and oxygen atoms in total. The molecule has 0 spiro atoms. The van der Waals surface area contributed by atoms with Gasteiger partial charge in [0.2, 0.25) is 0 Å². The maximum absolute atomic E-state index is 10.4. The Morgan fingerprint density at radius 2 is 1.48 bits per heavy atom. The van der Waals surface area contributed by atoms with Crippen LogP contribution in [0.1, 0.15) is 0 Å². The first-order chi connectivity index (χ1) is 12.1. The normalized spacial score (nSPS) is 31.4. The molecule has 5 atom stereocenters. The van der Waals surface area contributed by atoms with E-state index in [4.69, 9.17) is 10.5 Å². The molecule has 1 fully saturated rings. The van der Waals surface area contributed by atoms with E-state index in [2.05, 4.69) is 4.90 Å². The Morgan fingerprint density at radius 3 is 2.08 bits per heavy atom. The lowest BCUT2D eigenvalue weighted by Crippen LogP contribution is -2.63. The Bertz CT molecular complexity index is 729. The Balaban J connectivity index is 1.68. The highest BCUT2D eigenvalue weighted by Crippen LogP contribution is 2.48. The molecule has 0 bridgehead atoms. The quantitative estimate of drug-likeness (QED) is 0.635. The molecule has 0 amide bonds. The van der Waals surface area contributed by atoms with Crippen LogP contribution in [-0.2, 0) is 4.74 Å². The minimum absolute atomic E-state index is 0.313. The van der Waals surface area contributed by atoms with Crippen molar-refractivity contribution in [3.8, 4) is 0 Å². The molecule has 0 saturated carbocycles. The molecule has 5 unspecified atom stereocenters. The predicted molar refractivity (Wildman–Crippen MR) is 94.9 cm³/mol. The number of hydrogen-bond donors (Lipinski definition) is 4. The van der Waals surface area contributed by atoms with Crippen LogP contribution in [0.2, 0.25) is 0 Å². The number of aliphatic hydroxyl groups excluding tert-OH is 3. The number of nitrogens with zero attached hydrogens (tertiary/aromatic N) is 1. The summed E-state index contributed by atoms with van der Waals surface area (Å²) in [4.78, 5) is 4.28. The summed E-state index contributed by atoms with van der Waals surface area (Å²) in [5.74, 6) is 0. The van der Waals surface area contributed by atoms with Gasteiger partial charge in [-0.05, 0) is 24.3 Å². The van der Waals surface area contributed by atoms with Gasteiger partial charge < -0.3 is 30.7 Å². The summed E-state index contributed by atoms with van der Waals surface area (Å²) in [5, 5.41) is 30.0. The standard InChI is InChI=1S/C18H20N2O4S/c19-15-16(21)12(24-18(23)17(15)22)9-20-10-5-1-3-7-13(10)25-14-8-4-2-6-11(14)20/h1-8,12,15-18,21-23H,9,19H2. The minimum Gasteiger partial charge on any atom is -0.389 e. The number of hydrogen-bond acceptors (Lipinski definition) is 7. The van der Waals surface area contributed by atoms with Gasteiger partial charge in [-0.15, -0.1) is 0 Å². The lowest BCUT2D eigenvalue weighted by atomic mass is 9.96. The highest BCUT2D eigenvalue weighted by atomic mass is 32.2. The lowest BCUT2D eigenvalue weighted by Gasteiger charge is -2.42. The van der Waals surface area contributed by atoms with Crippen LogP contribution in [0.15, 0.2) is 58.3 Å². The number of para-hydroxylation sites is 2. The van der Waals surface area contributed by atoms with Gasteiger partial charge in [0.25, 0.3) is 0 Å². The van der Waals surface area contributed by atoms with Gasteiger partial charge in [0.15, 0.2) is 6.29 Å². The topological polar surface area (TPSA) is 99.2 Å². The van der Waals surface area contributed by atoms with Gasteiger partial charge in [-0.1, -0.05) is 36.0 Å². The summed E-state index contributed by atoms with van der Waals surface area (Å²) in [5.41, 5.74) is 7.86. The Hall–Kier alpha value is -1.61. The molecule has 7 heteroatoms. The molecular weight excluding hydrogens is 340 g/mol. The summed E-state index contributed by atoms with van der Waals surface area (Å²) in [6.07, 6.45) is -4.51. The van der Waals surface area contributed by atoms with Crippen LogP contribution < -0.4 is 10.6 Å². The number of rotatable bonds is 2. The van der Waals surface area contributed by atoms with Crippen molar-refractivity contribution < 1.29 is 20.1 Å². The lowest BCUT2D eigenvalue weighted by molar-refractivity contribution is -0.249. The van der Waals surface area contributed by atoms with E-state index in [0.717, 1.165) is 21.2 Å². The second kappa shape index (κ2) is 6.60. The maximum Gasteiger partial charge on any atom is 0.183 e. The number of aliphatic hydroxyl groups is 3. The molecule has 5 N–H and O–H groups in total. The van der Waals surface area contributed by atoms with E-state index in [1.807, 2.05) is 48.5 Å². The zero-order valence-electron chi connectivity index (χ0n) is 13.4. The monoisotopic (exact) mass is 360 g/mol. The summed E-state index contributed by atoms with van der Waals surface area (Å²) in [6, 6.07) is 15.1. The molecule has 0 aliphatic carbocycles. The van der Waals surface area contributed by atoms with E-state index < -0.39 is 30.6 Å². The van der Waals surface area contributed by atoms with Gasteiger partial charge >= 0.3 is 0 Å². The number of nitrogens with two attached hydrogens (primary N) is 1. The number of ether oxygens (including phenoxy) is 1. The van der Waals surface area contributed by atoms with Crippen LogP contribution in [0.5, 0.6) is 0 Å². The minimum atomic E-state index is -1.41. The van der Waals surface area contributed by atoms with E-state index >= 15 is 0 Å². The second-order valence-electron chi connectivity index (χ2n) is 6.27. The fraction of sp³-hybridized carbons (Fsp3) is 0.333. The molecule has 2 aliphatic rings. The van der Waals surface area contributed by atoms with E-state index in [9.17, 15) is 15.3 Å². The summed E-state index contributed by atoms with van der Waals surface area (Å²) in [6.45, 7) is 0.313. The Kier molecular flexibility index (Phi) is 4.45. The third kappa shape index (κ3) is 2.93. The van der Waals surface area contributed by atoms with Crippen molar-refractivity contribution in [2.45, 2.75) is 40.4 Å². The van der Waals surface area contributed by atoms with Crippen molar-refractivity contribution >= 4 is 23.1 Å². The van der Waals surface area contributed by atoms with Gasteiger partial charge in [0.1, 0.15) is 12.2 Å². The van der Waals surface area contributed by atoms with Crippen LogP contribution in [0.3, 0.4) is 0 Å². The van der Waals surface area contributed by atoms with E-state index in [1.165, 1.54) is 0 Å². The first kappa shape index (κ1) is 16.8. The van der Waals surface area contributed by atoms with Crippen LogP contribution in [0.25, 0.3) is 0 Å². The molecule has 1 saturated heterocycles. The zero-order chi connectivity index (χ0) is 17.6. The number of fused-ring (bicyclic) bond motifs is 2. The smallest absolute Gasteiger partial charge is 0.183 e. The van der Waals surface area contributed by atoms with E-state index in [-0.39, 0.29) is 0 Å². The molecule has 25 heavy (non-hydrogen) atoms. The third-order valence-electron chi connectivity index (χ3n) is 4.67. The average molecular weight is 360 g/mol. The maximum atomic E-state index is 10.4. The average Bonchev–Trinajstić information content (AvgIpc) is 2.64. The van der Waals surface area contributed by atoms with Crippen molar-refractivity contribution in [3.63, 3.8) is 0 Å². The molecular formula is C18H20N2O4S. The molecule has 2 heterocycles. The van der Waals surface area contributed by atoms with Gasteiger partial charge in [-0.2, -0.15) is 0 Å². The SMILES string of the molecule is NC1C(O)C(O)OC(CN2c3ccccc3Sc3ccccc32)C1O. The van der Waals surface area contributed by atoms with Crippen molar-refractivity contribution in [3.05, 3.63) is 48.5 Å². The molecule has 2 aliphatic heterocycles.